The van der Waals surface area contributed by atoms with Crippen LogP contribution in [-0.4, -0.2) is 13.8 Å². The zero-order chi connectivity index (χ0) is 13.6. The summed E-state index contributed by atoms with van der Waals surface area (Å²) in [7, 11) is -1.53. The minimum atomic E-state index is -1.53. The Balaban J connectivity index is -0.000000963. The van der Waals surface area contributed by atoms with E-state index in [4.69, 9.17) is 0 Å². The van der Waals surface area contributed by atoms with Crippen LogP contribution in [0.25, 0.3) is 0 Å². The van der Waals surface area contributed by atoms with Crippen LogP contribution in [0.3, 0.4) is 0 Å². The van der Waals surface area contributed by atoms with Crippen molar-refractivity contribution in [1.29, 1.82) is 0 Å². The first-order chi connectivity index (χ1) is 7.47. The second-order valence-electron chi connectivity index (χ2n) is 7.07. The second-order valence-corrected chi connectivity index (χ2v) is 11.1. The number of rotatable bonds is 2. The average Bonchev–Trinajstić information content (AvgIpc) is 2.27. The molecule has 0 radical (unpaired) electrons. The average molecular weight is 414 g/mol. The van der Waals surface area contributed by atoms with Gasteiger partial charge in [0.05, 0.1) is 0 Å². The maximum absolute atomic E-state index is 3.89. The van der Waals surface area contributed by atoms with E-state index < -0.39 is 8.24 Å². The van der Waals surface area contributed by atoms with Crippen LogP contribution >= 0.6 is 0 Å². The first-order valence-corrected chi connectivity index (χ1v) is 9.65. The van der Waals surface area contributed by atoms with Gasteiger partial charge >= 0.3 is 26.2 Å². The molecule has 0 aliphatic heterocycles. The van der Waals surface area contributed by atoms with E-state index in [1.165, 1.54) is 5.57 Å². The number of allylic oxidation sites excluding steroid dienone is 4. The molecule has 0 fully saturated rings. The van der Waals surface area contributed by atoms with Crippen molar-refractivity contribution in [2.75, 3.05) is 0 Å². The van der Waals surface area contributed by atoms with Gasteiger partial charge < -0.3 is 29.8 Å². The molecule has 1 N–H and O–H groups in total. The molecular weight excluding hydrogens is 384 g/mol. The van der Waals surface area contributed by atoms with Crippen LogP contribution in [-0.2, 0) is 26.2 Å². The molecule has 1 aliphatic carbocycles. The first-order valence-electron chi connectivity index (χ1n) is 6.65. The molecule has 0 aromatic carbocycles. The van der Waals surface area contributed by atoms with Crippen LogP contribution in [0, 0.1) is 5.92 Å². The Hall–Kier alpha value is 1.12. The van der Waals surface area contributed by atoms with E-state index in [1.54, 1.807) is 16.3 Å². The Morgan fingerprint density at radius 1 is 0.950 bits per heavy atom. The van der Waals surface area contributed by atoms with E-state index in [0.717, 1.165) is 0 Å². The van der Waals surface area contributed by atoms with Crippen LogP contribution in [0.4, 0.5) is 0 Å². The Labute approximate surface area is 158 Å². The predicted molar refractivity (Wildman–Crippen MR) is 80.6 cm³/mol. The summed E-state index contributed by atoms with van der Waals surface area (Å²) in [6.45, 7) is 20.9. The van der Waals surface area contributed by atoms with Crippen molar-refractivity contribution in [1.82, 2.24) is 4.98 Å². The van der Waals surface area contributed by atoms with Crippen molar-refractivity contribution >= 4 is 8.24 Å². The number of nitrogens with one attached hydrogen (secondary N) is 1. The van der Waals surface area contributed by atoms with Crippen LogP contribution < -0.4 is 29.8 Å². The fraction of sp³-hybridized carbons (Fsp3) is 0.733. The fourth-order valence-electron chi connectivity index (χ4n) is 3.38. The van der Waals surface area contributed by atoms with Crippen molar-refractivity contribution in [3.8, 4) is 0 Å². The standard InChI is InChI=1S/C15H29NSi.2ClH.Zr/c1-10-11(2)13(4)14(12(10)3)17(8,9)16-15(5,6)7;;;/h12,16H,1-9H3;2*1H;/q;;;+2/p-2. The fourth-order valence-corrected chi connectivity index (χ4v) is 7.81. The Kier molecular flexibility index (Phi) is 11.3. The molecule has 0 aromatic rings. The molecule has 0 amide bonds. The molecule has 0 heterocycles. The summed E-state index contributed by atoms with van der Waals surface area (Å²) in [6.07, 6.45) is 0. The molecular formula is C15H29Cl2NSiZr. The van der Waals surface area contributed by atoms with Crippen molar-refractivity contribution < 1.29 is 51.0 Å². The van der Waals surface area contributed by atoms with E-state index in [1.807, 2.05) is 0 Å². The third kappa shape index (κ3) is 5.72. The van der Waals surface area contributed by atoms with Gasteiger partial charge in [0.25, 0.3) is 0 Å². The second kappa shape index (κ2) is 8.67. The Morgan fingerprint density at radius 3 is 1.60 bits per heavy atom. The van der Waals surface area contributed by atoms with E-state index in [9.17, 15) is 0 Å². The molecule has 116 valence electrons. The zero-order valence-electron chi connectivity index (χ0n) is 14.3. The summed E-state index contributed by atoms with van der Waals surface area (Å²) < 4.78 is 0. The smallest absolute Gasteiger partial charge is 1.00 e. The largest absolute Gasteiger partial charge is 2.00 e. The summed E-state index contributed by atoms with van der Waals surface area (Å²) in [4.78, 5) is 3.89. The molecule has 0 bridgehead atoms. The number of halogens is 2. The number of hydrogen-bond acceptors (Lipinski definition) is 1. The van der Waals surface area contributed by atoms with Gasteiger partial charge in [0.1, 0.15) is 8.24 Å². The third-order valence-corrected chi connectivity index (χ3v) is 7.53. The van der Waals surface area contributed by atoms with Crippen LogP contribution in [0.15, 0.2) is 21.9 Å². The van der Waals surface area contributed by atoms with Crippen molar-refractivity contribution in [2.45, 2.75) is 67.1 Å². The molecule has 1 atom stereocenters. The summed E-state index contributed by atoms with van der Waals surface area (Å²) in [5.41, 5.74) is 4.83. The van der Waals surface area contributed by atoms with Crippen molar-refractivity contribution in [3.05, 3.63) is 21.9 Å². The number of hydrogen-bond donors (Lipinski definition) is 1. The van der Waals surface area contributed by atoms with Gasteiger partial charge in [-0.2, -0.15) is 0 Å². The third-order valence-electron chi connectivity index (χ3n) is 4.00. The van der Waals surface area contributed by atoms with Gasteiger partial charge in [-0.3, -0.25) is 0 Å². The Bertz CT molecular complexity index is 395. The molecule has 0 saturated carbocycles. The summed E-state index contributed by atoms with van der Waals surface area (Å²) in [6, 6.07) is 0. The van der Waals surface area contributed by atoms with E-state index in [0.29, 0.717) is 5.92 Å². The molecule has 20 heavy (non-hydrogen) atoms. The minimum absolute atomic E-state index is 0. The van der Waals surface area contributed by atoms with Crippen molar-refractivity contribution in [2.24, 2.45) is 5.92 Å². The molecule has 0 saturated heterocycles. The Morgan fingerprint density at radius 2 is 1.35 bits per heavy atom. The maximum Gasteiger partial charge on any atom is 2.00 e. The first kappa shape index (κ1) is 26.0. The molecule has 1 nitrogen and oxygen atoms in total. The quantitative estimate of drug-likeness (QED) is 0.540. The van der Waals surface area contributed by atoms with Gasteiger partial charge in [-0.25, -0.2) is 0 Å². The van der Waals surface area contributed by atoms with Gasteiger partial charge in [0, 0.05) is 5.54 Å². The summed E-state index contributed by atoms with van der Waals surface area (Å²) in [5.74, 6) is 0.631. The van der Waals surface area contributed by atoms with Gasteiger partial charge in [-0.05, 0) is 53.0 Å². The topological polar surface area (TPSA) is 12.0 Å². The molecule has 0 spiro atoms. The van der Waals surface area contributed by atoms with Crippen molar-refractivity contribution in [3.63, 3.8) is 0 Å². The molecule has 1 aliphatic rings. The monoisotopic (exact) mass is 411 g/mol. The van der Waals surface area contributed by atoms with Gasteiger partial charge in [0.15, 0.2) is 0 Å². The van der Waals surface area contributed by atoms with Crippen LogP contribution in [0.2, 0.25) is 13.1 Å². The van der Waals surface area contributed by atoms with Gasteiger partial charge in [-0.15, -0.1) is 0 Å². The SMILES string of the molecule is CC1=C(C)C(C)C([Si](C)(C)NC(C)(C)C)=C1C.[Cl-].[Cl-].[Zr+2]. The molecule has 1 unspecified atom stereocenters. The molecule has 1 rings (SSSR count). The minimum Gasteiger partial charge on any atom is -1.00 e. The predicted octanol–water partition coefficient (Wildman–Crippen LogP) is -1.57. The summed E-state index contributed by atoms with van der Waals surface area (Å²) in [5, 5.41) is 1.70. The van der Waals surface area contributed by atoms with Gasteiger partial charge in [-0.1, -0.05) is 36.4 Å². The zero-order valence-corrected chi connectivity index (χ0v) is 19.3. The van der Waals surface area contributed by atoms with E-state index in [2.05, 4.69) is 66.5 Å². The summed E-state index contributed by atoms with van der Waals surface area (Å²) >= 11 is 0. The van der Waals surface area contributed by atoms with Gasteiger partial charge in [0.2, 0.25) is 0 Å². The van der Waals surface area contributed by atoms with Crippen LogP contribution in [0.1, 0.15) is 48.5 Å². The van der Waals surface area contributed by atoms with E-state index in [-0.39, 0.29) is 56.6 Å². The molecule has 5 heteroatoms. The van der Waals surface area contributed by atoms with E-state index >= 15 is 0 Å². The molecule has 0 aromatic heterocycles. The normalized spacial score (nSPS) is 19.4. The van der Waals surface area contributed by atoms with Crippen LogP contribution in [0.5, 0.6) is 0 Å². The maximum atomic E-state index is 3.89.